The molecule has 0 aliphatic heterocycles. The number of carbonyl (C=O) groups is 2. The molecule has 0 aromatic heterocycles. The summed E-state index contributed by atoms with van der Waals surface area (Å²) in [5.41, 5.74) is 0. The molecule has 0 bridgehead atoms. The van der Waals surface area contributed by atoms with E-state index in [4.69, 9.17) is 4.43 Å². The Kier molecular flexibility index (Phi) is 6.56. The van der Waals surface area contributed by atoms with Crippen LogP contribution in [-0.2, 0) is 14.0 Å². The van der Waals surface area contributed by atoms with Crippen LogP contribution in [0.3, 0.4) is 0 Å². The van der Waals surface area contributed by atoms with Gasteiger partial charge in [-0.15, -0.1) is 0 Å². The van der Waals surface area contributed by atoms with Gasteiger partial charge in [0.2, 0.25) is 0 Å². The van der Waals surface area contributed by atoms with Crippen LogP contribution in [-0.4, -0.2) is 27.0 Å². The first-order chi connectivity index (χ1) is 7.70. The van der Waals surface area contributed by atoms with Crippen LogP contribution >= 0.6 is 0 Å². The number of allylic oxidation sites excluding steroid dienone is 2. The molecule has 0 rings (SSSR count). The zero-order valence-electron chi connectivity index (χ0n) is 11.6. The topological polar surface area (TPSA) is 43.4 Å². The van der Waals surface area contributed by atoms with Gasteiger partial charge in [0.1, 0.15) is 6.29 Å². The average molecular weight is 256 g/mol. The van der Waals surface area contributed by atoms with Gasteiger partial charge >= 0.3 is 0 Å². The Hall–Kier alpha value is -0.743. The molecule has 0 aromatic rings. The molecule has 0 aromatic carbocycles. The lowest BCUT2D eigenvalue weighted by Gasteiger charge is -2.36. The Morgan fingerprint density at radius 2 is 1.88 bits per heavy atom. The zero-order chi connectivity index (χ0) is 13.5. The predicted molar refractivity (Wildman–Crippen MR) is 72.6 cm³/mol. The number of rotatable bonds is 7. The fourth-order valence-electron chi connectivity index (χ4n) is 1.02. The number of ketones is 1. The maximum absolute atomic E-state index is 11.2. The second-order valence-electron chi connectivity index (χ2n) is 5.67. The molecule has 0 amide bonds. The van der Waals surface area contributed by atoms with Crippen molar-refractivity contribution in [2.75, 3.05) is 6.61 Å². The molecule has 0 aliphatic rings. The van der Waals surface area contributed by atoms with Crippen molar-refractivity contribution in [3.63, 3.8) is 0 Å². The van der Waals surface area contributed by atoms with E-state index in [0.717, 1.165) is 0 Å². The Balaban J connectivity index is 3.90. The van der Waals surface area contributed by atoms with Crippen LogP contribution < -0.4 is 0 Å². The first kappa shape index (κ1) is 16.3. The van der Waals surface area contributed by atoms with Crippen molar-refractivity contribution < 1.29 is 14.0 Å². The van der Waals surface area contributed by atoms with Crippen LogP contribution in [0.2, 0.25) is 18.1 Å². The van der Waals surface area contributed by atoms with E-state index in [2.05, 4.69) is 33.9 Å². The van der Waals surface area contributed by atoms with Crippen molar-refractivity contribution in [2.24, 2.45) is 0 Å². The van der Waals surface area contributed by atoms with E-state index < -0.39 is 8.32 Å². The first-order valence-electron chi connectivity index (χ1n) is 5.99. The van der Waals surface area contributed by atoms with Crippen LogP contribution in [0.25, 0.3) is 0 Å². The minimum Gasteiger partial charge on any atom is -0.417 e. The lowest BCUT2D eigenvalue weighted by Crippen LogP contribution is -2.41. The standard InChI is InChI=1S/C13H24O3Si/c1-13(2,3)17(4,5)16-11-7-9-12(15)8-6-10-14/h6,8,10H,7,9,11H2,1-5H3/b8-6+. The summed E-state index contributed by atoms with van der Waals surface area (Å²) in [7, 11) is -1.69. The Morgan fingerprint density at radius 1 is 1.29 bits per heavy atom. The molecule has 0 saturated carbocycles. The molecule has 0 unspecified atom stereocenters. The number of aldehydes is 1. The molecule has 0 spiro atoms. The largest absolute Gasteiger partial charge is 0.417 e. The third-order valence-corrected chi connectivity index (χ3v) is 7.74. The SMILES string of the molecule is CC(C)(C)[Si](C)(C)OCCCC(=O)/C=C/C=O. The van der Waals surface area contributed by atoms with Gasteiger partial charge in [-0.2, -0.15) is 0 Å². The predicted octanol–water partition coefficient (Wildman–Crippen LogP) is 3.11. The fraction of sp³-hybridized carbons (Fsp3) is 0.692. The summed E-state index contributed by atoms with van der Waals surface area (Å²) in [6, 6.07) is 0. The summed E-state index contributed by atoms with van der Waals surface area (Å²) in [4.78, 5) is 21.3. The van der Waals surface area contributed by atoms with Gasteiger partial charge in [-0.3, -0.25) is 9.59 Å². The van der Waals surface area contributed by atoms with Crippen molar-refractivity contribution in [3.05, 3.63) is 12.2 Å². The molecular weight excluding hydrogens is 232 g/mol. The van der Waals surface area contributed by atoms with Gasteiger partial charge in [-0.1, -0.05) is 20.8 Å². The molecule has 0 aliphatic carbocycles. The summed E-state index contributed by atoms with van der Waals surface area (Å²) >= 11 is 0. The molecule has 0 N–H and O–H groups in total. The summed E-state index contributed by atoms with van der Waals surface area (Å²) < 4.78 is 5.94. The maximum atomic E-state index is 11.2. The van der Waals surface area contributed by atoms with Crippen molar-refractivity contribution in [2.45, 2.75) is 51.7 Å². The molecule has 0 radical (unpaired) electrons. The van der Waals surface area contributed by atoms with Gasteiger partial charge in [0.25, 0.3) is 0 Å². The first-order valence-corrected chi connectivity index (χ1v) is 8.90. The minimum atomic E-state index is -1.69. The molecule has 3 nitrogen and oxygen atoms in total. The third kappa shape index (κ3) is 6.53. The van der Waals surface area contributed by atoms with Crippen LogP contribution in [0.1, 0.15) is 33.6 Å². The highest BCUT2D eigenvalue weighted by Gasteiger charge is 2.36. The Bertz CT molecular complexity index is 288. The minimum absolute atomic E-state index is 0.0177. The fourth-order valence-corrected chi connectivity index (χ4v) is 2.11. The summed E-state index contributed by atoms with van der Waals surface area (Å²) in [6.07, 6.45) is 4.33. The van der Waals surface area contributed by atoms with Crippen LogP contribution in [0.15, 0.2) is 12.2 Å². The normalized spacial score (nSPS) is 13.0. The van der Waals surface area contributed by atoms with E-state index in [9.17, 15) is 9.59 Å². The van der Waals surface area contributed by atoms with E-state index in [-0.39, 0.29) is 10.8 Å². The summed E-state index contributed by atoms with van der Waals surface area (Å²) in [5.74, 6) is -0.0177. The van der Waals surface area contributed by atoms with E-state index in [1.54, 1.807) is 0 Å². The number of hydrogen-bond donors (Lipinski definition) is 0. The Labute approximate surface area is 105 Å². The van der Waals surface area contributed by atoms with Gasteiger partial charge in [-0.25, -0.2) is 0 Å². The molecule has 17 heavy (non-hydrogen) atoms. The van der Waals surface area contributed by atoms with Crippen LogP contribution in [0.5, 0.6) is 0 Å². The van der Waals surface area contributed by atoms with E-state index >= 15 is 0 Å². The van der Waals surface area contributed by atoms with E-state index in [1.165, 1.54) is 12.2 Å². The van der Waals surface area contributed by atoms with Gasteiger partial charge in [0.15, 0.2) is 14.1 Å². The quantitative estimate of drug-likeness (QED) is 0.304. The van der Waals surface area contributed by atoms with Gasteiger partial charge < -0.3 is 4.43 Å². The number of hydrogen-bond acceptors (Lipinski definition) is 3. The summed E-state index contributed by atoms with van der Waals surface area (Å²) in [6.45, 7) is 11.6. The highest BCUT2D eigenvalue weighted by molar-refractivity contribution is 6.74. The van der Waals surface area contributed by atoms with Gasteiger partial charge in [0.05, 0.1) is 0 Å². The van der Waals surface area contributed by atoms with Crippen molar-refractivity contribution >= 4 is 20.4 Å². The van der Waals surface area contributed by atoms with Crippen molar-refractivity contribution in [1.29, 1.82) is 0 Å². The lowest BCUT2D eigenvalue weighted by molar-refractivity contribution is -0.115. The van der Waals surface area contributed by atoms with Gasteiger partial charge in [0, 0.05) is 13.0 Å². The lowest BCUT2D eigenvalue weighted by atomic mass is 10.2. The molecule has 98 valence electrons. The molecule has 0 atom stereocenters. The second-order valence-corrected chi connectivity index (χ2v) is 10.5. The second kappa shape index (κ2) is 6.86. The zero-order valence-corrected chi connectivity index (χ0v) is 12.6. The average Bonchev–Trinajstić information content (AvgIpc) is 2.20. The molecular formula is C13H24O3Si. The third-order valence-electron chi connectivity index (χ3n) is 3.20. The molecule has 4 heteroatoms. The van der Waals surface area contributed by atoms with Crippen LogP contribution in [0, 0.1) is 0 Å². The summed E-state index contributed by atoms with van der Waals surface area (Å²) in [5, 5.41) is 0.203. The number of carbonyl (C=O) groups excluding carboxylic acids is 2. The molecule has 0 saturated heterocycles. The highest BCUT2D eigenvalue weighted by Crippen LogP contribution is 2.36. The van der Waals surface area contributed by atoms with Gasteiger partial charge in [-0.05, 0) is 36.7 Å². The van der Waals surface area contributed by atoms with Crippen molar-refractivity contribution in [3.8, 4) is 0 Å². The highest BCUT2D eigenvalue weighted by atomic mass is 28.4. The van der Waals surface area contributed by atoms with Crippen molar-refractivity contribution in [1.82, 2.24) is 0 Å². The monoisotopic (exact) mass is 256 g/mol. The Morgan fingerprint density at radius 3 is 2.35 bits per heavy atom. The maximum Gasteiger partial charge on any atom is 0.191 e. The van der Waals surface area contributed by atoms with E-state index in [1.807, 2.05) is 0 Å². The molecule has 0 heterocycles. The molecule has 0 fully saturated rings. The van der Waals surface area contributed by atoms with E-state index in [0.29, 0.717) is 25.7 Å². The van der Waals surface area contributed by atoms with Crippen LogP contribution in [0.4, 0.5) is 0 Å². The smallest absolute Gasteiger partial charge is 0.191 e.